The van der Waals surface area contributed by atoms with Crippen LogP contribution in [0.4, 0.5) is 17.1 Å². The smallest absolute Gasteiger partial charge is 0.143 e. The first-order valence-electron chi connectivity index (χ1n) is 23.2. The van der Waals surface area contributed by atoms with E-state index < -0.39 is 0 Å². The van der Waals surface area contributed by atoms with Gasteiger partial charge in [-0.15, -0.1) is 0 Å². The molecule has 3 heterocycles. The normalized spacial score (nSPS) is 11.8. The Kier molecular flexibility index (Phi) is 8.55. The van der Waals surface area contributed by atoms with E-state index in [2.05, 4.69) is 240 Å². The van der Waals surface area contributed by atoms with E-state index in [-0.39, 0.29) is 0 Å². The molecule has 11 aromatic carbocycles. The molecular formula is C64H40N2O2. The van der Waals surface area contributed by atoms with Gasteiger partial charge in [-0.2, -0.15) is 0 Å². The zero-order valence-corrected chi connectivity index (χ0v) is 36.8. The van der Waals surface area contributed by atoms with Crippen LogP contribution < -0.4 is 4.90 Å². The second-order valence-corrected chi connectivity index (χ2v) is 17.6. The molecule has 4 nitrogen and oxygen atoms in total. The molecule has 0 aliphatic rings. The van der Waals surface area contributed by atoms with Crippen LogP contribution >= 0.6 is 0 Å². The number of anilines is 3. The van der Waals surface area contributed by atoms with E-state index in [4.69, 9.17) is 8.83 Å². The Morgan fingerprint density at radius 2 is 0.809 bits per heavy atom. The van der Waals surface area contributed by atoms with Gasteiger partial charge in [0, 0.05) is 60.5 Å². The molecule has 0 N–H and O–H groups in total. The maximum Gasteiger partial charge on any atom is 0.143 e. The lowest BCUT2D eigenvalue weighted by Gasteiger charge is -2.26. The molecule has 318 valence electrons. The lowest BCUT2D eigenvalue weighted by atomic mass is 9.97. The summed E-state index contributed by atoms with van der Waals surface area (Å²) in [4.78, 5) is 2.35. The molecule has 68 heavy (non-hydrogen) atoms. The van der Waals surface area contributed by atoms with Crippen molar-refractivity contribution >= 4 is 93.5 Å². The number of rotatable bonds is 7. The summed E-state index contributed by atoms with van der Waals surface area (Å²) in [5.74, 6) is 0. The van der Waals surface area contributed by atoms with Crippen molar-refractivity contribution in [1.82, 2.24) is 4.57 Å². The predicted octanol–water partition coefficient (Wildman–Crippen LogP) is 18.2. The quantitative estimate of drug-likeness (QED) is 0.160. The number of aromatic nitrogens is 1. The molecule has 0 amide bonds. The van der Waals surface area contributed by atoms with Crippen molar-refractivity contribution in [2.75, 3.05) is 4.90 Å². The van der Waals surface area contributed by atoms with Crippen LogP contribution in [0, 0.1) is 0 Å². The second kappa shape index (κ2) is 15.2. The molecule has 0 saturated heterocycles. The van der Waals surface area contributed by atoms with E-state index in [1.54, 1.807) is 0 Å². The van der Waals surface area contributed by atoms with Crippen LogP contribution in [0.5, 0.6) is 0 Å². The lowest BCUT2D eigenvalue weighted by Crippen LogP contribution is -2.09. The van der Waals surface area contributed by atoms with E-state index in [1.165, 1.54) is 27.2 Å². The number of hydrogen-bond acceptors (Lipinski definition) is 3. The van der Waals surface area contributed by atoms with Gasteiger partial charge in [0.2, 0.25) is 0 Å². The molecule has 14 aromatic rings. The van der Waals surface area contributed by atoms with E-state index in [1.807, 2.05) is 12.1 Å². The molecule has 0 spiro atoms. The van der Waals surface area contributed by atoms with Crippen LogP contribution in [0.3, 0.4) is 0 Å². The van der Waals surface area contributed by atoms with Crippen molar-refractivity contribution in [3.63, 3.8) is 0 Å². The van der Waals surface area contributed by atoms with Crippen LogP contribution in [-0.4, -0.2) is 4.57 Å². The van der Waals surface area contributed by atoms with Crippen LogP contribution in [0.2, 0.25) is 0 Å². The minimum Gasteiger partial charge on any atom is -0.456 e. The van der Waals surface area contributed by atoms with Gasteiger partial charge in [0.1, 0.15) is 22.3 Å². The minimum absolute atomic E-state index is 0.888. The maximum atomic E-state index is 6.57. The molecular weight excluding hydrogens is 829 g/mol. The Balaban J connectivity index is 0.865. The largest absolute Gasteiger partial charge is 0.456 e. The molecule has 14 rings (SSSR count). The molecule has 0 aliphatic heterocycles. The summed E-state index contributed by atoms with van der Waals surface area (Å²) in [6.45, 7) is 0. The molecule has 0 atom stereocenters. The Morgan fingerprint density at radius 1 is 0.309 bits per heavy atom. The number of furan rings is 2. The van der Waals surface area contributed by atoms with Crippen LogP contribution in [-0.2, 0) is 0 Å². The van der Waals surface area contributed by atoms with E-state index in [0.717, 1.165) is 105 Å². The van der Waals surface area contributed by atoms with E-state index in [9.17, 15) is 0 Å². The number of fused-ring (bicyclic) bond motifs is 11. The molecule has 0 radical (unpaired) electrons. The Labute approximate surface area is 391 Å². The number of para-hydroxylation sites is 3. The summed E-state index contributed by atoms with van der Waals surface area (Å²) in [6, 6.07) is 86.9. The highest BCUT2D eigenvalue weighted by molar-refractivity contribution is 6.19. The average Bonchev–Trinajstić information content (AvgIpc) is 4.10. The Hall–Kier alpha value is -9.12. The minimum atomic E-state index is 0.888. The van der Waals surface area contributed by atoms with Crippen molar-refractivity contribution in [2.24, 2.45) is 0 Å². The van der Waals surface area contributed by atoms with Crippen molar-refractivity contribution in [1.29, 1.82) is 0 Å². The number of nitrogens with zero attached hydrogens (tertiary/aromatic N) is 2. The van der Waals surface area contributed by atoms with Gasteiger partial charge in [0.25, 0.3) is 0 Å². The van der Waals surface area contributed by atoms with Gasteiger partial charge in [-0.25, -0.2) is 0 Å². The van der Waals surface area contributed by atoms with Gasteiger partial charge in [-0.05, 0) is 124 Å². The van der Waals surface area contributed by atoms with Gasteiger partial charge in [-0.1, -0.05) is 158 Å². The van der Waals surface area contributed by atoms with Crippen molar-refractivity contribution in [3.05, 3.63) is 243 Å². The lowest BCUT2D eigenvalue weighted by molar-refractivity contribution is 0.669. The van der Waals surface area contributed by atoms with Gasteiger partial charge < -0.3 is 18.3 Å². The van der Waals surface area contributed by atoms with Crippen molar-refractivity contribution in [2.45, 2.75) is 0 Å². The third-order valence-corrected chi connectivity index (χ3v) is 13.8. The summed E-state index contributed by atoms with van der Waals surface area (Å²) in [5.41, 5.74) is 17.2. The first-order valence-corrected chi connectivity index (χ1v) is 23.2. The summed E-state index contributed by atoms with van der Waals surface area (Å²) in [7, 11) is 0. The third-order valence-electron chi connectivity index (χ3n) is 13.8. The molecule has 0 bridgehead atoms. The fourth-order valence-corrected chi connectivity index (χ4v) is 10.7. The Bertz CT molecular complexity index is 4200. The topological polar surface area (TPSA) is 34.5 Å². The predicted molar refractivity (Wildman–Crippen MR) is 284 cm³/mol. The Morgan fingerprint density at radius 3 is 1.46 bits per heavy atom. The van der Waals surface area contributed by atoms with Crippen molar-refractivity contribution in [3.8, 4) is 39.1 Å². The fraction of sp³-hybridized carbons (Fsp3) is 0. The summed E-state index contributed by atoms with van der Waals surface area (Å²) in [6.07, 6.45) is 0. The highest BCUT2D eigenvalue weighted by atomic mass is 16.3. The van der Waals surface area contributed by atoms with Crippen molar-refractivity contribution < 1.29 is 8.83 Å². The number of benzene rings is 11. The van der Waals surface area contributed by atoms with E-state index >= 15 is 0 Å². The molecule has 3 aromatic heterocycles. The molecule has 4 heteroatoms. The van der Waals surface area contributed by atoms with Gasteiger partial charge in [0.15, 0.2) is 0 Å². The monoisotopic (exact) mass is 868 g/mol. The summed E-state index contributed by atoms with van der Waals surface area (Å²) < 4.78 is 15.2. The standard InChI is InChI=1S/C64H40N2O2/c1-2-15-52-42(12-1)32-39-56-63-51(20-11-25-61(63)68-64(52)56)44-30-37-48(38-31-44)65(47-35-28-43(29-36-47)50-19-10-24-60-62(50)55-18-5-8-23-59(55)67-60)46-33-26-41(27-34-46)45-13-9-14-49(40-45)66-57-21-6-3-16-53(57)54-17-4-7-22-58(54)66/h1-40H. The highest BCUT2D eigenvalue weighted by Gasteiger charge is 2.19. The molecule has 0 saturated carbocycles. The zero-order valence-electron chi connectivity index (χ0n) is 36.8. The van der Waals surface area contributed by atoms with Gasteiger partial charge in [-0.3, -0.25) is 0 Å². The fourth-order valence-electron chi connectivity index (χ4n) is 10.7. The second-order valence-electron chi connectivity index (χ2n) is 17.6. The first-order chi connectivity index (χ1) is 33.7. The van der Waals surface area contributed by atoms with E-state index in [0.29, 0.717) is 0 Å². The molecule has 0 fully saturated rings. The first kappa shape index (κ1) is 38.2. The maximum absolute atomic E-state index is 6.57. The zero-order chi connectivity index (χ0) is 44.7. The highest BCUT2D eigenvalue weighted by Crippen LogP contribution is 2.43. The summed E-state index contributed by atoms with van der Waals surface area (Å²) in [5, 5.41) is 9.32. The molecule has 0 aliphatic carbocycles. The van der Waals surface area contributed by atoms with Crippen LogP contribution in [0.25, 0.3) is 116 Å². The summed E-state index contributed by atoms with van der Waals surface area (Å²) >= 11 is 0. The van der Waals surface area contributed by atoms with Gasteiger partial charge in [0.05, 0.1) is 11.0 Å². The molecule has 0 unspecified atom stereocenters. The SMILES string of the molecule is c1cc(-c2ccc(N(c3ccc(-c4cccc5oc6ccccc6c45)cc3)c3ccc(-c4cccc5oc6c7ccccc7ccc6c45)cc3)cc2)cc(-n2c3ccccc3c3ccccc32)c1. The van der Waals surface area contributed by atoms with Crippen LogP contribution in [0.1, 0.15) is 0 Å². The number of hydrogen-bond donors (Lipinski definition) is 0. The third kappa shape index (κ3) is 6.01. The average molecular weight is 869 g/mol. The van der Waals surface area contributed by atoms with Crippen LogP contribution in [0.15, 0.2) is 251 Å². The van der Waals surface area contributed by atoms with Gasteiger partial charge >= 0.3 is 0 Å².